The monoisotopic (exact) mass is 240 g/mol. The molecule has 0 amide bonds. The van der Waals surface area contributed by atoms with Gasteiger partial charge < -0.3 is 29.6 Å². The van der Waals surface area contributed by atoms with E-state index in [1.165, 1.54) is 6.08 Å². The molecule has 1 aliphatic carbocycles. The van der Waals surface area contributed by atoms with Gasteiger partial charge >= 0.3 is 0 Å². The Kier molecular flexibility index (Phi) is 3.90. The van der Waals surface area contributed by atoms with Crippen molar-refractivity contribution in [3.63, 3.8) is 0 Å². The first-order valence-electron chi connectivity index (χ1n) is 5.00. The van der Waals surface area contributed by atoms with Crippen LogP contribution < -0.4 is 10.2 Å². The minimum absolute atomic E-state index is 0.0288. The number of carboxylic acid groups (broad SMARTS) is 2. The lowest BCUT2D eigenvalue weighted by atomic mass is 9.87. The van der Waals surface area contributed by atoms with Gasteiger partial charge in [0.1, 0.15) is 17.8 Å². The molecule has 3 atom stereocenters. The Bertz CT molecular complexity index is 383. The van der Waals surface area contributed by atoms with Crippen LogP contribution in [0.4, 0.5) is 0 Å². The minimum Gasteiger partial charge on any atom is -0.545 e. The summed E-state index contributed by atoms with van der Waals surface area (Å²) in [6.07, 6.45) is -0.760. The van der Waals surface area contributed by atoms with Crippen molar-refractivity contribution in [1.29, 1.82) is 0 Å². The highest BCUT2D eigenvalue weighted by molar-refractivity contribution is 5.85. The van der Waals surface area contributed by atoms with Crippen LogP contribution in [0.3, 0.4) is 0 Å². The van der Waals surface area contributed by atoms with Crippen molar-refractivity contribution in [2.45, 2.75) is 25.6 Å². The van der Waals surface area contributed by atoms with Crippen molar-refractivity contribution in [2.75, 3.05) is 0 Å². The van der Waals surface area contributed by atoms with Gasteiger partial charge in [-0.05, 0) is 5.57 Å². The maximum atomic E-state index is 10.7. The number of aliphatic carboxylic acids is 2. The molecule has 0 radical (unpaired) electrons. The Morgan fingerprint density at radius 3 is 2.59 bits per heavy atom. The maximum Gasteiger partial charge on any atom is 0.135 e. The maximum absolute atomic E-state index is 10.7. The highest BCUT2D eigenvalue weighted by Crippen LogP contribution is 2.26. The molecule has 0 bridgehead atoms. The lowest BCUT2D eigenvalue weighted by Gasteiger charge is -2.33. The van der Waals surface area contributed by atoms with Gasteiger partial charge in [-0.1, -0.05) is 19.6 Å². The number of carbonyl (C=O) groups is 2. The molecule has 0 aromatic heterocycles. The second kappa shape index (κ2) is 5.01. The van der Waals surface area contributed by atoms with Crippen LogP contribution in [-0.2, 0) is 14.3 Å². The van der Waals surface area contributed by atoms with E-state index in [-0.39, 0.29) is 12.0 Å². The van der Waals surface area contributed by atoms with Crippen LogP contribution in [0.1, 0.15) is 13.3 Å². The number of rotatable bonds is 4. The van der Waals surface area contributed by atoms with Gasteiger partial charge in [0, 0.05) is 12.3 Å². The normalized spacial score (nSPS) is 28.1. The Morgan fingerprint density at radius 2 is 2.12 bits per heavy atom. The molecule has 0 saturated carbocycles. The predicted octanol–water partition coefficient (Wildman–Crippen LogP) is -2.29. The zero-order valence-corrected chi connectivity index (χ0v) is 9.21. The number of carboxylic acids is 2. The van der Waals surface area contributed by atoms with E-state index in [0.717, 1.165) is 0 Å². The molecule has 1 rings (SSSR count). The summed E-state index contributed by atoms with van der Waals surface area (Å²) in [4.78, 5) is 21.1. The Morgan fingerprint density at radius 1 is 1.53 bits per heavy atom. The van der Waals surface area contributed by atoms with Gasteiger partial charge in [-0.3, -0.25) is 0 Å². The summed E-state index contributed by atoms with van der Waals surface area (Å²) in [7, 11) is 0. The van der Waals surface area contributed by atoms with Crippen LogP contribution in [0.2, 0.25) is 0 Å². The zero-order chi connectivity index (χ0) is 13.2. The lowest BCUT2D eigenvalue weighted by Crippen LogP contribution is -2.41. The molecule has 0 heterocycles. The summed E-state index contributed by atoms with van der Waals surface area (Å²) >= 11 is 0. The van der Waals surface area contributed by atoms with Crippen LogP contribution in [-0.4, -0.2) is 29.3 Å². The standard InChI is InChI=1S/C11H14O6/c1-5-3-7(11(15)16)4-8(9(5)12)17-6(2)10(13)14/h3,5,8-9,12H,2,4H2,1H3,(H,13,14)(H,15,16)/p-2/t5-,8-,9-/m1/s1. The molecule has 0 aliphatic heterocycles. The molecule has 0 saturated heterocycles. The van der Waals surface area contributed by atoms with Gasteiger partial charge in [0.25, 0.3) is 0 Å². The molecule has 1 aliphatic rings. The highest BCUT2D eigenvalue weighted by atomic mass is 16.5. The number of aliphatic hydroxyl groups excluding tert-OH is 1. The van der Waals surface area contributed by atoms with Crippen LogP contribution in [0.25, 0.3) is 0 Å². The molecule has 1 N–H and O–H groups in total. The number of hydrogen-bond donors (Lipinski definition) is 1. The van der Waals surface area contributed by atoms with Crippen molar-refractivity contribution in [1.82, 2.24) is 0 Å². The third-order valence-corrected chi connectivity index (χ3v) is 2.59. The van der Waals surface area contributed by atoms with Crippen molar-refractivity contribution in [3.8, 4) is 0 Å². The number of ether oxygens (including phenoxy) is 1. The first-order chi connectivity index (χ1) is 7.82. The SMILES string of the molecule is C=C(O[C@@H]1CC(C(=O)[O-])=C[C@@H](C)[C@H]1O)C(=O)[O-]. The zero-order valence-electron chi connectivity index (χ0n) is 9.21. The summed E-state index contributed by atoms with van der Waals surface area (Å²) in [6.45, 7) is 4.69. The molecule has 0 fully saturated rings. The molecule has 6 nitrogen and oxygen atoms in total. The van der Waals surface area contributed by atoms with E-state index in [1.54, 1.807) is 6.92 Å². The fourth-order valence-electron chi connectivity index (χ4n) is 1.65. The highest BCUT2D eigenvalue weighted by Gasteiger charge is 2.31. The molecule has 94 valence electrons. The molecule has 6 heteroatoms. The predicted molar refractivity (Wildman–Crippen MR) is 51.9 cm³/mol. The number of aliphatic hydroxyl groups is 1. The molecule has 17 heavy (non-hydrogen) atoms. The smallest absolute Gasteiger partial charge is 0.135 e. The van der Waals surface area contributed by atoms with E-state index >= 15 is 0 Å². The molecular weight excluding hydrogens is 228 g/mol. The molecule has 0 aromatic carbocycles. The number of carbonyl (C=O) groups excluding carboxylic acids is 2. The molecular formula is C11H12O6-2. The summed E-state index contributed by atoms with van der Waals surface area (Å²) in [5.74, 6) is -4.08. The van der Waals surface area contributed by atoms with Gasteiger partial charge in [0.2, 0.25) is 0 Å². The van der Waals surface area contributed by atoms with E-state index in [9.17, 15) is 24.9 Å². The van der Waals surface area contributed by atoms with E-state index in [4.69, 9.17) is 4.74 Å². The topological polar surface area (TPSA) is 110 Å². The van der Waals surface area contributed by atoms with E-state index in [0.29, 0.717) is 0 Å². The van der Waals surface area contributed by atoms with Crippen molar-refractivity contribution < 1.29 is 29.6 Å². The molecule has 0 unspecified atom stereocenters. The quantitative estimate of drug-likeness (QED) is 0.437. The van der Waals surface area contributed by atoms with Crippen LogP contribution >= 0.6 is 0 Å². The Balaban J connectivity index is 2.81. The summed E-state index contributed by atoms with van der Waals surface area (Å²) in [5.41, 5.74) is -0.0288. The fraction of sp³-hybridized carbons (Fsp3) is 0.455. The Labute approximate surface area is 97.8 Å². The van der Waals surface area contributed by atoms with Gasteiger partial charge in [0.15, 0.2) is 0 Å². The largest absolute Gasteiger partial charge is 0.545 e. The van der Waals surface area contributed by atoms with E-state index < -0.39 is 35.8 Å². The second-order valence-corrected chi connectivity index (χ2v) is 3.90. The van der Waals surface area contributed by atoms with E-state index in [2.05, 4.69) is 6.58 Å². The average molecular weight is 240 g/mol. The summed E-state index contributed by atoms with van der Waals surface area (Å²) in [6, 6.07) is 0. The van der Waals surface area contributed by atoms with Crippen LogP contribution in [0.15, 0.2) is 24.0 Å². The molecule has 0 spiro atoms. The third-order valence-electron chi connectivity index (χ3n) is 2.59. The first-order valence-corrected chi connectivity index (χ1v) is 5.00. The van der Waals surface area contributed by atoms with Gasteiger partial charge in [-0.2, -0.15) is 0 Å². The van der Waals surface area contributed by atoms with Crippen LogP contribution in [0.5, 0.6) is 0 Å². The third kappa shape index (κ3) is 3.07. The van der Waals surface area contributed by atoms with Crippen LogP contribution in [0, 0.1) is 5.92 Å². The summed E-state index contributed by atoms with van der Waals surface area (Å²) < 4.78 is 4.88. The first kappa shape index (κ1) is 13.2. The van der Waals surface area contributed by atoms with Gasteiger partial charge in [-0.25, -0.2) is 0 Å². The van der Waals surface area contributed by atoms with E-state index in [1.807, 2.05) is 0 Å². The summed E-state index contributed by atoms with van der Waals surface area (Å²) in [5, 5.41) is 30.9. The minimum atomic E-state index is -1.60. The van der Waals surface area contributed by atoms with Crippen molar-refractivity contribution in [2.24, 2.45) is 5.92 Å². The van der Waals surface area contributed by atoms with Crippen molar-refractivity contribution in [3.05, 3.63) is 24.0 Å². The lowest BCUT2D eigenvalue weighted by molar-refractivity contribution is -0.304. The average Bonchev–Trinajstić information content (AvgIpc) is 2.23. The number of hydrogen-bond acceptors (Lipinski definition) is 6. The molecule has 0 aromatic rings. The van der Waals surface area contributed by atoms with Crippen molar-refractivity contribution >= 4 is 11.9 Å². The fourth-order valence-corrected chi connectivity index (χ4v) is 1.65. The van der Waals surface area contributed by atoms with Gasteiger partial charge in [0.05, 0.1) is 12.1 Å². The second-order valence-electron chi connectivity index (χ2n) is 3.90. The van der Waals surface area contributed by atoms with Gasteiger partial charge in [-0.15, -0.1) is 0 Å². The Hall–Kier alpha value is -1.82.